The number of esters is 2. The maximum atomic E-state index is 12.9. The maximum Gasteiger partial charge on any atom is 0.348 e. The molecule has 8 nitrogen and oxygen atoms in total. The van der Waals surface area contributed by atoms with Gasteiger partial charge in [0.05, 0.1) is 24.5 Å². The van der Waals surface area contributed by atoms with Gasteiger partial charge in [-0.15, -0.1) is 11.3 Å². The molecule has 0 radical (unpaired) electrons. The summed E-state index contributed by atoms with van der Waals surface area (Å²) >= 11 is 7.05. The number of carbonyl (C=O) groups excluding carboxylic acids is 2. The summed E-state index contributed by atoms with van der Waals surface area (Å²) in [6, 6.07) is 6.86. The van der Waals surface area contributed by atoms with E-state index in [2.05, 4.69) is 10.1 Å². The number of H-pyrrole nitrogens is 1. The number of hydrogen-bond acceptors (Lipinski definition) is 7. The Balaban J connectivity index is 2.06. The lowest BCUT2D eigenvalue weighted by atomic mass is 10.1. The van der Waals surface area contributed by atoms with Gasteiger partial charge in [0.1, 0.15) is 15.4 Å². The van der Waals surface area contributed by atoms with Gasteiger partial charge in [0.15, 0.2) is 0 Å². The third kappa shape index (κ3) is 4.68. The summed E-state index contributed by atoms with van der Waals surface area (Å²) in [5, 5.41) is 3.75. The maximum absolute atomic E-state index is 12.9. The van der Waals surface area contributed by atoms with Gasteiger partial charge in [-0.25, -0.2) is 19.3 Å². The first-order valence-electron chi connectivity index (χ1n) is 9.87. The van der Waals surface area contributed by atoms with E-state index in [4.69, 9.17) is 21.1 Å². The first-order valence-corrected chi connectivity index (χ1v) is 11.1. The molecule has 1 N–H and O–H groups in total. The Labute approximate surface area is 193 Å². The molecule has 0 aliphatic heterocycles. The number of thiophene rings is 1. The zero-order valence-electron chi connectivity index (χ0n) is 18.0. The minimum atomic E-state index is -0.592. The van der Waals surface area contributed by atoms with Crippen molar-refractivity contribution in [3.63, 3.8) is 0 Å². The van der Waals surface area contributed by atoms with Crippen molar-refractivity contribution in [1.82, 2.24) is 9.78 Å². The predicted octanol–water partition coefficient (Wildman–Crippen LogP) is 4.60. The van der Waals surface area contributed by atoms with Gasteiger partial charge in [0, 0.05) is 16.9 Å². The van der Waals surface area contributed by atoms with Crippen LogP contribution in [0.5, 0.6) is 0 Å². The van der Waals surface area contributed by atoms with Gasteiger partial charge in [0.2, 0.25) is 0 Å². The molecule has 32 heavy (non-hydrogen) atoms. The Morgan fingerprint density at radius 2 is 1.88 bits per heavy atom. The number of aryl methyl sites for hydroxylation is 1. The van der Waals surface area contributed by atoms with E-state index in [0.717, 1.165) is 11.3 Å². The van der Waals surface area contributed by atoms with Crippen LogP contribution in [-0.2, 0) is 9.47 Å². The van der Waals surface area contributed by atoms with Crippen molar-refractivity contribution >= 4 is 46.1 Å². The summed E-state index contributed by atoms with van der Waals surface area (Å²) in [6.45, 7) is 7.14. The highest BCUT2D eigenvalue weighted by Gasteiger charge is 2.26. The lowest BCUT2D eigenvalue weighted by molar-refractivity contribution is 0.0527. The normalized spacial score (nSPS) is 11.2. The van der Waals surface area contributed by atoms with E-state index in [9.17, 15) is 14.4 Å². The van der Waals surface area contributed by atoms with E-state index in [-0.39, 0.29) is 34.2 Å². The van der Waals surface area contributed by atoms with Crippen LogP contribution >= 0.6 is 22.9 Å². The van der Waals surface area contributed by atoms with Crippen molar-refractivity contribution < 1.29 is 19.1 Å². The largest absolute Gasteiger partial charge is 0.462 e. The number of rotatable bonds is 7. The number of nitrogens with one attached hydrogen (secondary N) is 1. The lowest BCUT2D eigenvalue weighted by Crippen LogP contribution is -2.17. The smallest absolute Gasteiger partial charge is 0.348 e. The number of aromatic amines is 1. The van der Waals surface area contributed by atoms with Gasteiger partial charge in [-0.2, -0.15) is 0 Å². The topological polar surface area (TPSA) is 103 Å². The SMILES string of the molecule is CCOC(=O)c1sc(/N=C/c2c(C)[nH]n(-c3cccc(Cl)c3)c2=O)c(C(=O)OCC)c1C. The average molecular weight is 476 g/mol. The van der Waals surface area contributed by atoms with Gasteiger partial charge < -0.3 is 9.47 Å². The fourth-order valence-electron chi connectivity index (χ4n) is 3.06. The molecule has 0 bridgehead atoms. The third-order valence-corrected chi connectivity index (χ3v) is 5.98. The molecule has 0 spiro atoms. The minimum Gasteiger partial charge on any atom is -0.462 e. The summed E-state index contributed by atoms with van der Waals surface area (Å²) in [6.07, 6.45) is 1.37. The van der Waals surface area contributed by atoms with Crippen LogP contribution in [0.3, 0.4) is 0 Å². The number of halogens is 1. The molecule has 0 aliphatic rings. The van der Waals surface area contributed by atoms with Crippen LogP contribution in [0.4, 0.5) is 5.00 Å². The zero-order valence-corrected chi connectivity index (χ0v) is 19.6. The Kier molecular flexibility index (Phi) is 7.32. The first-order chi connectivity index (χ1) is 15.3. The summed E-state index contributed by atoms with van der Waals surface area (Å²) < 4.78 is 11.6. The number of aliphatic imine (C=N–C) groups is 1. The van der Waals surface area contributed by atoms with Crippen molar-refractivity contribution in [3.05, 3.63) is 66.9 Å². The minimum absolute atomic E-state index is 0.174. The van der Waals surface area contributed by atoms with Crippen molar-refractivity contribution in [3.8, 4) is 5.69 Å². The molecule has 2 heterocycles. The molecule has 0 atom stereocenters. The van der Waals surface area contributed by atoms with Crippen LogP contribution in [-0.4, -0.2) is 41.1 Å². The fraction of sp³-hybridized carbons (Fsp3) is 0.273. The second-order valence-corrected chi connectivity index (χ2v) is 8.14. The number of ether oxygens (including phenoxy) is 2. The van der Waals surface area contributed by atoms with Crippen LogP contribution in [0.25, 0.3) is 5.69 Å². The van der Waals surface area contributed by atoms with Crippen LogP contribution in [0.2, 0.25) is 5.02 Å². The number of carbonyl (C=O) groups is 2. The molecule has 168 valence electrons. The van der Waals surface area contributed by atoms with Crippen molar-refractivity contribution in [2.24, 2.45) is 4.99 Å². The molecule has 1 aromatic carbocycles. The van der Waals surface area contributed by atoms with Gasteiger partial charge in [-0.05, 0) is 51.5 Å². The van der Waals surface area contributed by atoms with E-state index in [1.54, 1.807) is 52.0 Å². The van der Waals surface area contributed by atoms with Crippen molar-refractivity contribution in [2.45, 2.75) is 27.7 Å². The highest BCUT2D eigenvalue weighted by atomic mass is 35.5. The molecule has 0 unspecified atom stereocenters. The Hall–Kier alpha value is -3.17. The molecule has 0 saturated heterocycles. The number of benzene rings is 1. The van der Waals surface area contributed by atoms with Crippen molar-refractivity contribution in [2.75, 3.05) is 13.2 Å². The predicted molar refractivity (Wildman–Crippen MR) is 124 cm³/mol. The Morgan fingerprint density at radius 1 is 1.19 bits per heavy atom. The van der Waals surface area contributed by atoms with Crippen LogP contribution in [0, 0.1) is 13.8 Å². The molecule has 0 saturated carbocycles. The number of nitrogens with zero attached hydrogens (tertiary/aromatic N) is 2. The summed E-state index contributed by atoms with van der Waals surface area (Å²) in [5.41, 5.74) is 1.75. The molecular formula is C22H22ClN3O5S. The Bertz CT molecular complexity index is 1250. The van der Waals surface area contributed by atoms with Gasteiger partial charge in [-0.1, -0.05) is 17.7 Å². The average Bonchev–Trinajstić information content (AvgIpc) is 3.22. The van der Waals surface area contributed by atoms with Crippen LogP contribution < -0.4 is 5.56 Å². The summed E-state index contributed by atoms with van der Waals surface area (Å²) in [4.78, 5) is 42.4. The molecule has 2 aromatic heterocycles. The highest BCUT2D eigenvalue weighted by molar-refractivity contribution is 7.18. The van der Waals surface area contributed by atoms with Gasteiger partial charge >= 0.3 is 11.9 Å². The second kappa shape index (κ2) is 9.97. The summed E-state index contributed by atoms with van der Waals surface area (Å²) in [7, 11) is 0. The monoisotopic (exact) mass is 475 g/mol. The van der Waals surface area contributed by atoms with E-state index in [1.165, 1.54) is 10.9 Å². The van der Waals surface area contributed by atoms with E-state index in [0.29, 0.717) is 27.5 Å². The number of aromatic nitrogens is 2. The first kappa shape index (κ1) is 23.5. The van der Waals surface area contributed by atoms with Gasteiger partial charge in [-0.3, -0.25) is 9.89 Å². The number of hydrogen-bond donors (Lipinski definition) is 1. The van der Waals surface area contributed by atoms with E-state index in [1.807, 2.05) is 0 Å². The third-order valence-electron chi connectivity index (χ3n) is 4.56. The highest BCUT2D eigenvalue weighted by Crippen LogP contribution is 2.36. The standard InChI is InChI=1S/C22H22ClN3O5S/c1-5-30-21(28)17-12(3)18(22(29)31-6-2)32-19(17)24-11-16-13(4)25-26(20(16)27)15-9-7-8-14(23)10-15/h7-11,25H,5-6H2,1-4H3/b24-11+. The van der Waals surface area contributed by atoms with Gasteiger partial charge in [0.25, 0.3) is 5.56 Å². The van der Waals surface area contributed by atoms with Crippen LogP contribution in [0.1, 0.15) is 50.7 Å². The van der Waals surface area contributed by atoms with E-state index >= 15 is 0 Å². The molecular weight excluding hydrogens is 454 g/mol. The van der Waals surface area contributed by atoms with Crippen LogP contribution in [0.15, 0.2) is 34.1 Å². The molecule has 3 rings (SSSR count). The Morgan fingerprint density at radius 3 is 2.53 bits per heavy atom. The molecule has 0 fully saturated rings. The molecule has 0 aliphatic carbocycles. The molecule has 3 aromatic rings. The quantitative estimate of drug-likeness (QED) is 0.397. The fourth-order valence-corrected chi connectivity index (χ4v) is 4.28. The lowest BCUT2D eigenvalue weighted by Gasteiger charge is -2.03. The molecule has 0 amide bonds. The van der Waals surface area contributed by atoms with E-state index < -0.39 is 11.9 Å². The zero-order chi connectivity index (χ0) is 23.4. The second-order valence-electron chi connectivity index (χ2n) is 6.71. The summed E-state index contributed by atoms with van der Waals surface area (Å²) in [5.74, 6) is -1.13. The molecule has 10 heteroatoms. The van der Waals surface area contributed by atoms with Crippen molar-refractivity contribution in [1.29, 1.82) is 0 Å².